The van der Waals surface area contributed by atoms with E-state index in [1.54, 1.807) is 26.4 Å². The second-order valence-electron chi connectivity index (χ2n) is 9.97. The minimum absolute atomic E-state index is 0.188. The van der Waals surface area contributed by atoms with Gasteiger partial charge in [-0.25, -0.2) is 15.0 Å². The number of anilines is 4. The number of nitrogens with one attached hydrogen (secondary N) is 1. The Bertz CT molecular complexity index is 1430. The lowest BCUT2D eigenvalue weighted by Gasteiger charge is -2.27. The Labute approximate surface area is 227 Å². The molecular weight excluding hydrogens is 496 g/mol. The van der Waals surface area contributed by atoms with Gasteiger partial charge in [-0.1, -0.05) is 12.8 Å². The predicted molar refractivity (Wildman–Crippen MR) is 150 cm³/mol. The fourth-order valence-electron chi connectivity index (χ4n) is 5.65. The van der Waals surface area contributed by atoms with Crippen molar-refractivity contribution in [2.45, 2.75) is 38.1 Å². The van der Waals surface area contributed by atoms with Crippen molar-refractivity contribution in [3.05, 3.63) is 36.8 Å². The molecule has 12 nitrogen and oxygen atoms in total. The van der Waals surface area contributed by atoms with E-state index in [4.69, 9.17) is 20.2 Å². The maximum absolute atomic E-state index is 6.24. The predicted octanol–water partition coefficient (Wildman–Crippen LogP) is 3.40. The van der Waals surface area contributed by atoms with Crippen molar-refractivity contribution >= 4 is 34.3 Å². The molecule has 1 saturated heterocycles. The van der Waals surface area contributed by atoms with Crippen molar-refractivity contribution in [2.75, 3.05) is 56.3 Å². The molecule has 0 unspecified atom stereocenters. The smallest absolute Gasteiger partial charge is 0.248 e. The van der Waals surface area contributed by atoms with Gasteiger partial charge in [-0.3, -0.25) is 4.90 Å². The monoisotopic (exact) mass is 530 g/mol. The highest BCUT2D eigenvalue weighted by molar-refractivity contribution is 5.88. The fraction of sp³-hybridized carbons (Fsp3) is 0.444. The van der Waals surface area contributed by atoms with E-state index in [2.05, 4.69) is 35.2 Å². The van der Waals surface area contributed by atoms with Crippen LogP contribution in [0.4, 0.5) is 23.4 Å². The molecule has 1 aliphatic carbocycles. The van der Waals surface area contributed by atoms with Crippen LogP contribution in [0, 0.1) is 0 Å². The molecule has 3 N–H and O–H groups in total. The van der Waals surface area contributed by atoms with Gasteiger partial charge >= 0.3 is 0 Å². The third kappa shape index (κ3) is 5.11. The van der Waals surface area contributed by atoms with Crippen LogP contribution in [0.5, 0.6) is 11.5 Å². The SMILES string of the molecule is COc1cc2ncnc(-n3nc(Nc4ccc(N5CCCN(C6CCCC6)CC5)nc4)nc3N)c2cc1OC. The van der Waals surface area contributed by atoms with Crippen molar-refractivity contribution in [1.82, 2.24) is 34.6 Å². The quantitative estimate of drug-likeness (QED) is 0.364. The first-order valence-electron chi connectivity index (χ1n) is 13.4. The molecule has 6 rings (SSSR count). The zero-order chi connectivity index (χ0) is 26.8. The van der Waals surface area contributed by atoms with Crippen molar-refractivity contribution in [3.8, 4) is 17.3 Å². The summed E-state index contributed by atoms with van der Waals surface area (Å²) in [5.74, 6) is 3.14. The maximum atomic E-state index is 6.24. The van der Waals surface area contributed by atoms with Crippen LogP contribution in [-0.4, -0.2) is 81.1 Å². The van der Waals surface area contributed by atoms with E-state index in [0.29, 0.717) is 34.2 Å². The second kappa shape index (κ2) is 10.9. The molecule has 2 fully saturated rings. The van der Waals surface area contributed by atoms with Gasteiger partial charge in [-0.15, -0.1) is 5.10 Å². The zero-order valence-electron chi connectivity index (χ0n) is 22.4. The van der Waals surface area contributed by atoms with Gasteiger partial charge in [0.2, 0.25) is 11.9 Å². The Morgan fingerprint density at radius 3 is 2.51 bits per heavy atom. The first-order chi connectivity index (χ1) is 19.1. The summed E-state index contributed by atoms with van der Waals surface area (Å²) in [6.07, 6.45) is 9.87. The van der Waals surface area contributed by atoms with Crippen LogP contribution in [0.3, 0.4) is 0 Å². The van der Waals surface area contributed by atoms with E-state index >= 15 is 0 Å². The number of ether oxygens (including phenoxy) is 2. The van der Waals surface area contributed by atoms with Gasteiger partial charge in [0.05, 0.1) is 31.6 Å². The number of pyridine rings is 1. The van der Waals surface area contributed by atoms with E-state index in [1.165, 1.54) is 43.2 Å². The minimum Gasteiger partial charge on any atom is -0.493 e. The lowest BCUT2D eigenvalue weighted by Crippen LogP contribution is -2.37. The lowest BCUT2D eigenvalue weighted by atomic mass is 10.2. The first-order valence-corrected chi connectivity index (χ1v) is 13.4. The van der Waals surface area contributed by atoms with Crippen LogP contribution in [0.1, 0.15) is 32.1 Å². The normalized spacial score (nSPS) is 16.9. The number of benzene rings is 1. The van der Waals surface area contributed by atoms with Crippen LogP contribution in [0.25, 0.3) is 16.7 Å². The molecule has 204 valence electrons. The average molecular weight is 531 g/mol. The highest BCUT2D eigenvalue weighted by Gasteiger charge is 2.25. The van der Waals surface area contributed by atoms with Gasteiger partial charge in [0.15, 0.2) is 17.3 Å². The van der Waals surface area contributed by atoms with Crippen molar-refractivity contribution in [1.29, 1.82) is 0 Å². The summed E-state index contributed by atoms with van der Waals surface area (Å²) < 4.78 is 12.3. The number of aromatic nitrogens is 6. The highest BCUT2D eigenvalue weighted by atomic mass is 16.5. The number of hydrogen-bond donors (Lipinski definition) is 2. The molecule has 0 bridgehead atoms. The van der Waals surface area contributed by atoms with Gasteiger partial charge in [-0.2, -0.15) is 9.67 Å². The molecule has 4 heterocycles. The molecule has 1 aliphatic heterocycles. The average Bonchev–Trinajstić information content (AvgIpc) is 3.56. The molecule has 0 radical (unpaired) electrons. The summed E-state index contributed by atoms with van der Waals surface area (Å²) in [7, 11) is 3.16. The summed E-state index contributed by atoms with van der Waals surface area (Å²) >= 11 is 0. The van der Waals surface area contributed by atoms with E-state index < -0.39 is 0 Å². The zero-order valence-corrected chi connectivity index (χ0v) is 22.4. The molecule has 1 aromatic carbocycles. The maximum Gasteiger partial charge on any atom is 0.248 e. The first kappa shape index (κ1) is 25.1. The molecule has 0 amide bonds. The van der Waals surface area contributed by atoms with Gasteiger partial charge in [0, 0.05) is 43.7 Å². The van der Waals surface area contributed by atoms with Crippen LogP contribution in [0.2, 0.25) is 0 Å². The van der Waals surface area contributed by atoms with Crippen molar-refractivity contribution in [3.63, 3.8) is 0 Å². The second-order valence-corrected chi connectivity index (χ2v) is 9.97. The Morgan fingerprint density at radius 2 is 1.74 bits per heavy atom. The number of nitrogens with two attached hydrogens (primary N) is 1. The summed E-state index contributed by atoms with van der Waals surface area (Å²) in [4.78, 5) is 23.0. The van der Waals surface area contributed by atoms with Gasteiger partial charge in [-0.05, 0) is 37.5 Å². The van der Waals surface area contributed by atoms with E-state index in [1.807, 2.05) is 18.3 Å². The van der Waals surface area contributed by atoms with E-state index in [-0.39, 0.29) is 5.95 Å². The Kier molecular flexibility index (Phi) is 7.01. The van der Waals surface area contributed by atoms with Crippen LogP contribution in [-0.2, 0) is 0 Å². The lowest BCUT2D eigenvalue weighted by molar-refractivity contribution is 0.213. The molecule has 1 saturated carbocycles. The van der Waals surface area contributed by atoms with Crippen LogP contribution in [0.15, 0.2) is 36.8 Å². The van der Waals surface area contributed by atoms with E-state index in [9.17, 15) is 0 Å². The van der Waals surface area contributed by atoms with Crippen LogP contribution >= 0.6 is 0 Å². The number of methoxy groups -OCH3 is 2. The van der Waals surface area contributed by atoms with Gasteiger partial charge in [0.1, 0.15) is 12.1 Å². The fourth-order valence-corrected chi connectivity index (χ4v) is 5.65. The minimum atomic E-state index is 0.188. The number of nitrogen functional groups attached to an aromatic ring is 1. The Balaban J connectivity index is 1.17. The highest BCUT2D eigenvalue weighted by Crippen LogP contribution is 2.33. The number of nitrogens with zero attached hydrogens (tertiary/aromatic N) is 8. The van der Waals surface area contributed by atoms with Gasteiger partial charge < -0.3 is 25.4 Å². The van der Waals surface area contributed by atoms with Crippen LogP contribution < -0.4 is 25.4 Å². The topological polar surface area (TPSA) is 132 Å². The van der Waals surface area contributed by atoms with Crippen molar-refractivity contribution < 1.29 is 9.47 Å². The summed E-state index contributed by atoms with van der Waals surface area (Å²) in [6.45, 7) is 4.30. The van der Waals surface area contributed by atoms with E-state index in [0.717, 1.165) is 43.6 Å². The molecule has 0 atom stereocenters. The molecule has 0 spiro atoms. The molecule has 4 aromatic rings. The van der Waals surface area contributed by atoms with Crippen molar-refractivity contribution in [2.24, 2.45) is 0 Å². The molecule has 39 heavy (non-hydrogen) atoms. The Morgan fingerprint density at radius 1 is 0.923 bits per heavy atom. The molecular formula is C27H34N10O2. The Hall–Kier alpha value is -4.19. The molecule has 3 aromatic heterocycles. The summed E-state index contributed by atoms with van der Waals surface area (Å²) in [6, 6.07) is 8.40. The summed E-state index contributed by atoms with van der Waals surface area (Å²) in [5.41, 5.74) is 7.69. The third-order valence-electron chi connectivity index (χ3n) is 7.65. The largest absolute Gasteiger partial charge is 0.493 e. The third-order valence-corrected chi connectivity index (χ3v) is 7.65. The number of hydrogen-bond acceptors (Lipinski definition) is 11. The number of fused-ring (bicyclic) bond motifs is 1. The summed E-state index contributed by atoms with van der Waals surface area (Å²) in [5, 5.41) is 8.47. The molecule has 12 heteroatoms. The van der Waals surface area contributed by atoms with Gasteiger partial charge in [0.25, 0.3) is 0 Å². The standard InChI is InChI=1S/C27H34N10O2/c1-38-22-14-20-21(15-23(22)39-2)30-17-31-25(20)37-26(28)33-27(34-37)32-18-8-9-24(29-16-18)36-11-5-10-35(12-13-36)19-6-3-4-7-19/h8-9,14-17,19H,3-7,10-13H2,1-2H3,(H3,28,32,33,34). The number of rotatable bonds is 7. The molecule has 2 aliphatic rings.